The van der Waals surface area contributed by atoms with E-state index in [-0.39, 0.29) is 43.1 Å². The van der Waals surface area contributed by atoms with Crippen molar-refractivity contribution in [2.45, 2.75) is 78.1 Å². The second-order valence-corrected chi connectivity index (χ2v) is 16.6. The molecule has 4 atom stereocenters. The number of piperazine rings is 1. The largest absolute Gasteiger partial charge is 0.391 e. The zero-order valence-corrected chi connectivity index (χ0v) is 33.9. The van der Waals surface area contributed by atoms with Gasteiger partial charge in [-0.15, -0.1) is 11.3 Å². The highest BCUT2D eigenvalue weighted by Crippen LogP contribution is 2.30. The lowest BCUT2D eigenvalue weighted by Crippen LogP contribution is -2.57. The van der Waals surface area contributed by atoms with Crippen LogP contribution < -0.4 is 26.2 Å². The molecule has 2 fully saturated rings. The number of likely N-dealkylation sites (N-methyl/N-ethyl adjacent to an activating group) is 1. The number of aryl methyl sites for hydroxylation is 1. The number of rotatable bonds is 15. The predicted octanol–water partition coefficient (Wildman–Crippen LogP) is 3.34. The summed E-state index contributed by atoms with van der Waals surface area (Å²) in [5, 5.41) is 22.6. The second-order valence-electron chi connectivity index (χ2n) is 15.7. The average Bonchev–Trinajstić information content (AvgIpc) is 3.79. The molecular formula is C41H58N8O5S. The van der Waals surface area contributed by atoms with E-state index in [1.54, 1.807) is 11.3 Å². The number of anilines is 1. The fourth-order valence-electron chi connectivity index (χ4n) is 7.12. The van der Waals surface area contributed by atoms with Crippen LogP contribution in [0.15, 0.2) is 54.0 Å². The van der Waals surface area contributed by atoms with Crippen molar-refractivity contribution in [3.63, 3.8) is 0 Å². The molecule has 2 saturated heterocycles. The molecule has 298 valence electrons. The lowest BCUT2D eigenvalue weighted by atomic mass is 9.85. The number of benzene rings is 2. The van der Waals surface area contributed by atoms with Gasteiger partial charge in [-0.25, -0.2) is 4.98 Å². The summed E-state index contributed by atoms with van der Waals surface area (Å²) in [6, 6.07) is 13.4. The minimum absolute atomic E-state index is 0.00272. The van der Waals surface area contributed by atoms with Gasteiger partial charge in [-0.2, -0.15) is 0 Å². The van der Waals surface area contributed by atoms with Crippen LogP contribution in [0.2, 0.25) is 0 Å². The van der Waals surface area contributed by atoms with Gasteiger partial charge in [0, 0.05) is 76.5 Å². The number of aromatic nitrogens is 1. The highest BCUT2D eigenvalue weighted by Gasteiger charge is 2.44. The molecule has 1 aromatic heterocycles. The molecule has 55 heavy (non-hydrogen) atoms. The number of aliphatic hydroxyl groups excluding tert-OH is 1. The molecule has 13 nitrogen and oxygen atoms in total. The Hall–Kier alpha value is -4.37. The van der Waals surface area contributed by atoms with Crippen LogP contribution in [0.4, 0.5) is 5.69 Å². The molecule has 0 saturated carbocycles. The van der Waals surface area contributed by atoms with Crippen molar-refractivity contribution in [1.29, 1.82) is 0 Å². The first-order chi connectivity index (χ1) is 26.2. The van der Waals surface area contributed by atoms with Crippen molar-refractivity contribution >= 4 is 40.7 Å². The Morgan fingerprint density at radius 1 is 0.964 bits per heavy atom. The van der Waals surface area contributed by atoms with E-state index in [4.69, 9.17) is 0 Å². The summed E-state index contributed by atoms with van der Waals surface area (Å²) >= 11 is 1.58. The van der Waals surface area contributed by atoms with E-state index in [2.05, 4.69) is 36.1 Å². The standard InChI is InChI=1S/C41H58N8O5S/c1-27(29-9-11-30(12-10-29)36-28(2)44-26-55-36)45-39(53)34-24-33(50)25-49(34)40(54)37(41(3,4)5)46-35(51)8-7-17-43-38(52)31-13-15-32(16-14-31)48-22-20-47(21-23-48)19-18-42-6/h9-16,26-27,33-34,37,42,50H,7-8,17-25H2,1-6H3,(H,43,52)(H,45,53)(H,46,51)/t27-,33+,34-,37+/m0/s1. The molecule has 0 bridgehead atoms. The van der Waals surface area contributed by atoms with E-state index in [9.17, 15) is 24.3 Å². The second kappa shape index (κ2) is 19.0. The lowest BCUT2D eigenvalue weighted by Gasteiger charge is -2.36. The van der Waals surface area contributed by atoms with Crippen LogP contribution in [-0.2, 0) is 14.4 Å². The number of carbonyl (C=O) groups is 4. The first-order valence-corrected chi connectivity index (χ1v) is 20.2. The smallest absolute Gasteiger partial charge is 0.251 e. The Morgan fingerprint density at radius 3 is 2.27 bits per heavy atom. The molecule has 2 aromatic carbocycles. The highest BCUT2D eigenvalue weighted by atomic mass is 32.1. The molecule has 0 spiro atoms. The fraction of sp³-hybridized carbons (Fsp3) is 0.537. The van der Waals surface area contributed by atoms with Gasteiger partial charge in [0.25, 0.3) is 5.91 Å². The fourth-order valence-corrected chi connectivity index (χ4v) is 7.94. The number of likely N-dealkylation sites (tertiary alicyclic amines) is 1. The normalized spacial score (nSPS) is 18.8. The summed E-state index contributed by atoms with van der Waals surface area (Å²) in [7, 11) is 1.97. The van der Waals surface area contributed by atoms with E-state index >= 15 is 0 Å². The molecule has 2 aliphatic rings. The number of nitrogens with one attached hydrogen (secondary N) is 4. The number of hydrogen-bond acceptors (Lipinski definition) is 10. The van der Waals surface area contributed by atoms with Gasteiger partial charge < -0.3 is 36.2 Å². The van der Waals surface area contributed by atoms with Gasteiger partial charge in [-0.05, 0) is 68.1 Å². The van der Waals surface area contributed by atoms with Gasteiger partial charge in [0.2, 0.25) is 17.7 Å². The van der Waals surface area contributed by atoms with Crippen LogP contribution in [0.5, 0.6) is 0 Å². The molecule has 2 aliphatic heterocycles. The third-order valence-corrected chi connectivity index (χ3v) is 11.4. The van der Waals surface area contributed by atoms with Gasteiger partial charge in [0.05, 0.1) is 28.2 Å². The first kappa shape index (κ1) is 41.8. The van der Waals surface area contributed by atoms with Crippen molar-refractivity contribution in [3.8, 4) is 10.4 Å². The molecule has 14 heteroatoms. The Labute approximate surface area is 329 Å². The van der Waals surface area contributed by atoms with Crippen molar-refractivity contribution in [3.05, 3.63) is 70.9 Å². The molecule has 3 heterocycles. The topological polar surface area (TPSA) is 159 Å². The monoisotopic (exact) mass is 774 g/mol. The lowest BCUT2D eigenvalue weighted by molar-refractivity contribution is -0.144. The molecule has 5 rings (SSSR count). The number of nitrogens with zero attached hydrogens (tertiary/aromatic N) is 4. The quantitative estimate of drug-likeness (QED) is 0.146. The first-order valence-electron chi connectivity index (χ1n) is 19.3. The number of aliphatic hydroxyl groups is 1. The van der Waals surface area contributed by atoms with E-state index in [0.717, 1.165) is 66.7 Å². The summed E-state index contributed by atoms with van der Waals surface area (Å²) in [5.74, 6) is -1.31. The number of hydrogen-bond donors (Lipinski definition) is 5. The minimum atomic E-state index is -0.926. The van der Waals surface area contributed by atoms with Crippen LogP contribution in [0.25, 0.3) is 10.4 Å². The van der Waals surface area contributed by atoms with E-state index in [1.165, 1.54) is 4.90 Å². The summed E-state index contributed by atoms with van der Waals surface area (Å²) in [6.07, 6.45) is -0.272. The molecule has 0 unspecified atom stereocenters. The number of thiazole rings is 1. The minimum Gasteiger partial charge on any atom is -0.391 e. The van der Waals surface area contributed by atoms with E-state index in [1.807, 2.05) is 95.7 Å². The third kappa shape index (κ3) is 11.1. The summed E-state index contributed by atoms with van der Waals surface area (Å²) in [6.45, 7) is 15.6. The van der Waals surface area contributed by atoms with Gasteiger partial charge >= 0.3 is 0 Å². The maximum Gasteiger partial charge on any atom is 0.251 e. The van der Waals surface area contributed by atoms with Gasteiger partial charge in [0.1, 0.15) is 12.1 Å². The zero-order chi connectivity index (χ0) is 39.7. The van der Waals surface area contributed by atoms with Gasteiger partial charge in [-0.1, -0.05) is 45.0 Å². The Morgan fingerprint density at radius 2 is 1.65 bits per heavy atom. The maximum absolute atomic E-state index is 14.0. The molecule has 0 aliphatic carbocycles. The molecule has 0 radical (unpaired) electrons. The summed E-state index contributed by atoms with van der Waals surface area (Å²) in [4.78, 5) is 65.2. The number of carbonyl (C=O) groups excluding carboxylic acids is 4. The summed E-state index contributed by atoms with van der Waals surface area (Å²) in [5.41, 5.74) is 5.73. The molecule has 3 aromatic rings. The van der Waals surface area contributed by atoms with Crippen molar-refractivity contribution in [2.24, 2.45) is 5.41 Å². The van der Waals surface area contributed by atoms with E-state index in [0.29, 0.717) is 18.5 Å². The zero-order valence-electron chi connectivity index (χ0n) is 33.1. The van der Waals surface area contributed by atoms with Gasteiger partial charge in [0.15, 0.2) is 0 Å². The predicted molar refractivity (Wildman–Crippen MR) is 217 cm³/mol. The molecule has 4 amide bonds. The SMILES string of the molecule is CNCCN1CCN(c2ccc(C(=O)NCCCC(=O)N[C@H](C(=O)N3C[C@H](O)C[C@H]3C(=O)N[C@@H](C)c3ccc(-c4scnc4C)cc3)C(C)(C)C)cc2)CC1. The Bertz CT molecular complexity index is 1750. The summed E-state index contributed by atoms with van der Waals surface area (Å²) < 4.78 is 0. The van der Waals surface area contributed by atoms with Crippen LogP contribution >= 0.6 is 11.3 Å². The van der Waals surface area contributed by atoms with Crippen molar-refractivity contribution in [1.82, 2.24) is 36.1 Å². The number of amides is 4. The van der Waals surface area contributed by atoms with Crippen molar-refractivity contribution in [2.75, 3.05) is 64.3 Å². The van der Waals surface area contributed by atoms with Crippen LogP contribution in [0, 0.1) is 12.3 Å². The average molecular weight is 775 g/mol. The van der Waals surface area contributed by atoms with Crippen LogP contribution in [0.3, 0.4) is 0 Å². The van der Waals surface area contributed by atoms with Crippen LogP contribution in [0.1, 0.15) is 74.6 Å². The highest BCUT2D eigenvalue weighted by molar-refractivity contribution is 7.13. The number of β-amino-alcohol motifs (C(OH)–C–C–N with tert-alkyl or cyclic N) is 1. The third-order valence-electron chi connectivity index (χ3n) is 10.5. The Balaban J connectivity index is 1.09. The molecular weight excluding hydrogens is 717 g/mol. The Kier molecular flexibility index (Phi) is 14.4. The molecule has 5 N–H and O–H groups in total. The van der Waals surface area contributed by atoms with Crippen LogP contribution in [-0.4, -0.2) is 121 Å². The maximum atomic E-state index is 14.0. The van der Waals surface area contributed by atoms with Gasteiger partial charge in [-0.3, -0.25) is 24.1 Å². The van der Waals surface area contributed by atoms with Crippen molar-refractivity contribution < 1.29 is 24.3 Å². The van der Waals surface area contributed by atoms with E-state index < -0.39 is 29.5 Å².